The summed E-state index contributed by atoms with van der Waals surface area (Å²) in [6, 6.07) is 6.02. The van der Waals surface area contributed by atoms with Crippen LogP contribution in [-0.2, 0) is 27.2 Å². The van der Waals surface area contributed by atoms with Gasteiger partial charge in [0, 0.05) is 22.1 Å². The highest BCUT2D eigenvalue weighted by atomic mass is 32.2. The zero-order valence-corrected chi connectivity index (χ0v) is 20.5. The normalized spacial score (nSPS) is 17.7. The van der Waals surface area contributed by atoms with Gasteiger partial charge < -0.3 is 15.4 Å². The SMILES string of the molecule is CCOC(=O)c1c(NC(=O)CSC2=C(C#N)C(c3cccs3)CC(=O)N2)sc2c1CCCC2. The molecule has 2 N–H and O–H groups in total. The van der Waals surface area contributed by atoms with Gasteiger partial charge in [-0.3, -0.25) is 9.59 Å². The van der Waals surface area contributed by atoms with Gasteiger partial charge in [0.1, 0.15) is 5.00 Å². The molecule has 0 radical (unpaired) electrons. The van der Waals surface area contributed by atoms with Crippen molar-refractivity contribution in [1.82, 2.24) is 5.32 Å². The van der Waals surface area contributed by atoms with Crippen LogP contribution in [0.3, 0.4) is 0 Å². The molecule has 2 aromatic rings. The van der Waals surface area contributed by atoms with Crippen LogP contribution in [0.5, 0.6) is 0 Å². The summed E-state index contributed by atoms with van der Waals surface area (Å²) >= 11 is 4.07. The first-order valence-corrected chi connectivity index (χ1v) is 13.4. The van der Waals surface area contributed by atoms with Crippen LogP contribution in [0.2, 0.25) is 0 Å². The molecule has 4 rings (SSSR count). The standard InChI is InChI=1S/C23H23N3O4S3/c1-2-30-23(29)20-13-6-3-4-7-17(13)33-22(20)26-19(28)12-32-21-15(11-24)14(10-18(27)25-21)16-8-5-9-31-16/h5,8-9,14H,2-4,6-7,10,12H2,1H3,(H,25,27)(H,26,28). The molecular weight excluding hydrogens is 478 g/mol. The second kappa shape index (κ2) is 10.5. The van der Waals surface area contributed by atoms with E-state index < -0.39 is 5.97 Å². The number of carbonyl (C=O) groups excluding carboxylic acids is 3. The number of rotatable bonds is 7. The minimum Gasteiger partial charge on any atom is -0.462 e. The average molecular weight is 502 g/mol. The van der Waals surface area contributed by atoms with Gasteiger partial charge in [0.25, 0.3) is 0 Å². The molecule has 2 aromatic heterocycles. The van der Waals surface area contributed by atoms with Crippen molar-refractivity contribution in [3.05, 3.63) is 49.0 Å². The third-order valence-corrected chi connectivity index (χ3v) is 8.70. The molecule has 1 unspecified atom stereocenters. The summed E-state index contributed by atoms with van der Waals surface area (Å²) in [5.41, 5.74) is 1.92. The van der Waals surface area contributed by atoms with Gasteiger partial charge in [-0.05, 0) is 49.6 Å². The number of hydrogen-bond acceptors (Lipinski definition) is 8. The van der Waals surface area contributed by atoms with Gasteiger partial charge in [0.15, 0.2) is 0 Å². The van der Waals surface area contributed by atoms with E-state index in [0.717, 1.165) is 52.8 Å². The van der Waals surface area contributed by atoms with Crippen molar-refractivity contribution >= 4 is 57.2 Å². The molecule has 0 saturated carbocycles. The Balaban J connectivity index is 1.50. The first-order chi connectivity index (χ1) is 16.0. The number of hydrogen-bond donors (Lipinski definition) is 2. The third-order valence-electron chi connectivity index (χ3n) is 5.49. The maximum atomic E-state index is 12.8. The second-order valence-electron chi connectivity index (χ2n) is 7.65. The van der Waals surface area contributed by atoms with Crippen molar-refractivity contribution in [3.8, 4) is 6.07 Å². The Bertz CT molecular complexity index is 1140. The fraction of sp³-hybridized carbons (Fsp3) is 0.391. The maximum absolute atomic E-state index is 12.8. The highest BCUT2D eigenvalue weighted by molar-refractivity contribution is 8.03. The van der Waals surface area contributed by atoms with Gasteiger partial charge in [-0.15, -0.1) is 22.7 Å². The lowest BCUT2D eigenvalue weighted by atomic mass is 9.93. The first-order valence-electron chi connectivity index (χ1n) is 10.7. The molecule has 1 aliphatic carbocycles. The van der Waals surface area contributed by atoms with E-state index in [0.29, 0.717) is 21.2 Å². The predicted octanol–water partition coefficient (Wildman–Crippen LogP) is 4.58. The minimum absolute atomic E-state index is 0.00276. The van der Waals surface area contributed by atoms with Crippen molar-refractivity contribution in [3.63, 3.8) is 0 Å². The Morgan fingerprint density at radius 3 is 2.91 bits per heavy atom. The van der Waals surface area contributed by atoms with E-state index in [1.165, 1.54) is 22.7 Å². The molecule has 7 nitrogen and oxygen atoms in total. The van der Waals surface area contributed by atoms with Crippen LogP contribution >= 0.6 is 34.4 Å². The molecular formula is C23H23N3O4S3. The number of ether oxygens (including phenoxy) is 1. The van der Waals surface area contributed by atoms with E-state index in [4.69, 9.17) is 4.74 Å². The van der Waals surface area contributed by atoms with Crippen molar-refractivity contribution in [2.75, 3.05) is 17.7 Å². The zero-order valence-electron chi connectivity index (χ0n) is 18.1. The molecule has 0 aromatic carbocycles. The Morgan fingerprint density at radius 2 is 2.18 bits per heavy atom. The molecule has 2 aliphatic rings. The Morgan fingerprint density at radius 1 is 1.36 bits per heavy atom. The van der Waals surface area contributed by atoms with Crippen molar-refractivity contribution < 1.29 is 19.1 Å². The lowest BCUT2D eigenvalue weighted by molar-refractivity contribution is -0.121. The molecule has 0 spiro atoms. The summed E-state index contributed by atoms with van der Waals surface area (Å²) in [7, 11) is 0. The van der Waals surface area contributed by atoms with Gasteiger partial charge in [-0.2, -0.15) is 5.26 Å². The van der Waals surface area contributed by atoms with E-state index in [9.17, 15) is 19.6 Å². The van der Waals surface area contributed by atoms with Gasteiger partial charge in [-0.25, -0.2) is 4.79 Å². The first kappa shape index (κ1) is 23.5. The number of fused-ring (bicyclic) bond motifs is 1. The summed E-state index contributed by atoms with van der Waals surface area (Å²) < 4.78 is 5.24. The van der Waals surface area contributed by atoms with Crippen molar-refractivity contribution in [2.24, 2.45) is 0 Å². The molecule has 10 heteroatoms. The second-order valence-corrected chi connectivity index (χ2v) is 10.7. The van der Waals surface area contributed by atoms with Crippen molar-refractivity contribution in [2.45, 2.75) is 44.9 Å². The monoisotopic (exact) mass is 501 g/mol. The molecule has 1 aliphatic heterocycles. The van der Waals surface area contributed by atoms with Gasteiger partial charge in [0.05, 0.1) is 34.6 Å². The van der Waals surface area contributed by atoms with E-state index in [2.05, 4.69) is 16.7 Å². The minimum atomic E-state index is -0.410. The molecule has 172 valence electrons. The number of nitrogens with zero attached hydrogens (tertiary/aromatic N) is 1. The molecule has 0 saturated heterocycles. The Labute approximate surface area is 204 Å². The summed E-state index contributed by atoms with van der Waals surface area (Å²) in [5, 5.41) is 18.2. The number of nitriles is 1. The van der Waals surface area contributed by atoms with Crippen LogP contribution in [0.4, 0.5) is 5.00 Å². The fourth-order valence-corrected chi connectivity index (χ4v) is 7.05. The van der Waals surface area contributed by atoms with Crippen LogP contribution in [-0.4, -0.2) is 30.1 Å². The van der Waals surface area contributed by atoms with E-state index in [1.807, 2.05) is 17.5 Å². The number of allylic oxidation sites excluding steroid dienone is 1. The number of esters is 1. The number of anilines is 1. The molecule has 33 heavy (non-hydrogen) atoms. The highest BCUT2D eigenvalue weighted by Gasteiger charge is 2.31. The van der Waals surface area contributed by atoms with Gasteiger partial charge in [-0.1, -0.05) is 17.8 Å². The van der Waals surface area contributed by atoms with Crippen LogP contribution in [0.1, 0.15) is 57.8 Å². The number of aryl methyl sites for hydroxylation is 1. The summed E-state index contributed by atoms with van der Waals surface area (Å²) in [5.74, 6) is -1.18. The van der Waals surface area contributed by atoms with Gasteiger partial charge >= 0.3 is 5.97 Å². The molecule has 3 heterocycles. The topological polar surface area (TPSA) is 108 Å². The Kier molecular flexibility index (Phi) is 7.53. The number of carbonyl (C=O) groups is 3. The number of nitrogens with one attached hydrogen (secondary N) is 2. The lowest BCUT2D eigenvalue weighted by Crippen LogP contribution is -2.31. The molecule has 1 atom stereocenters. The predicted molar refractivity (Wildman–Crippen MR) is 130 cm³/mol. The maximum Gasteiger partial charge on any atom is 0.341 e. The largest absolute Gasteiger partial charge is 0.462 e. The third kappa shape index (κ3) is 5.16. The summed E-state index contributed by atoms with van der Waals surface area (Å²) in [6.45, 7) is 2.02. The highest BCUT2D eigenvalue weighted by Crippen LogP contribution is 2.40. The molecule has 0 bridgehead atoms. The van der Waals surface area contributed by atoms with E-state index in [1.54, 1.807) is 6.92 Å². The van der Waals surface area contributed by atoms with E-state index in [-0.39, 0.29) is 36.5 Å². The number of thiophene rings is 2. The summed E-state index contributed by atoms with van der Waals surface area (Å²) in [6.07, 6.45) is 3.98. The number of amides is 2. The summed E-state index contributed by atoms with van der Waals surface area (Å²) in [4.78, 5) is 39.7. The van der Waals surface area contributed by atoms with Crippen LogP contribution in [0.25, 0.3) is 0 Å². The van der Waals surface area contributed by atoms with Crippen LogP contribution in [0.15, 0.2) is 28.1 Å². The lowest BCUT2D eigenvalue weighted by Gasteiger charge is -2.23. The smallest absolute Gasteiger partial charge is 0.341 e. The van der Waals surface area contributed by atoms with E-state index >= 15 is 0 Å². The van der Waals surface area contributed by atoms with Gasteiger partial charge in [0.2, 0.25) is 11.8 Å². The zero-order chi connectivity index (χ0) is 23.4. The fourth-order valence-electron chi connectivity index (χ4n) is 4.04. The average Bonchev–Trinajstić information content (AvgIpc) is 3.45. The van der Waals surface area contributed by atoms with Crippen molar-refractivity contribution in [1.29, 1.82) is 5.26 Å². The van der Waals surface area contributed by atoms with Crippen LogP contribution in [0, 0.1) is 11.3 Å². The quantitative estimate of drug-likeness (QED) is 0.538. The van der Waals surface area contributed by atoms with Crippen LogP contribution < -0.4 is 10.6 Å². The number of thioether (sulfide) groups is 1. The Hall–Kier alpha value is -2.61. The molecule has 2 amide bonds. The molecule has 0 fully saturated rings.